The molecule has 6 rings (SSSR count). The van der Waals surface area contributed by atoms with Gasteiger partial charge in [-0.2, -0.15) is 0 Å². The van der Waals surface area contributed by atoms with Crippen molar-refractivity contribution in [2.75, 3.05) is 31.6 Å². The number of aryl methyl sites for hydroxylation is 1. The maximum Gasteiger partial charge on any atom is 0.274 e. The van der Waals surface area contributed by atoms with Crippen molar-refractivity contribution in [3.63, 3.8) is 0 Å². The van der Waals surface area contributed by atoms with E-state index in [1.165, 1.54) is 12.7 Å². The molecule has 1 saturated heterocycles. The monoisotopic (exact) mass is 562 g/mol. The second-order valence-corrected chi connectivity index (χ2v) is 13.3. The van der Waals surface area contributed by atoms with Gasteiger partial charge in [0.25, 0.3) is 5.91 Å². The highest BCUT2D eigenvalue weighted by Gasteiger charge is 2.54. The van der Waals surface area contributed by atoms with E-state index in [0.717, 1.165) is 56.1 Å². The Kier molecular flexibility index (Phi) is 7.42. The Bertz CT molecular complexity index is 1280. The number of carbonyl (C=O) groups excluding carboxylic acids is 3. The second-order valence-electron chi connectivity index (χ2n) is 13.3. The molecule has 0 bridgehead atoms. The van der Waals surface area contributed by atoms with Crippen molar-refractivity contribution in [1.82, 2.24) is 15.8 Å². The molecule has 1 aromatic carbocycles. The van der Waals surface area contributed by atoms with Crippen LogP contribution in [0.2, 0.25) is 0 Å². The number of amides is 2. The molecule has 9 nitrogen and oxygen atoms in total. The molecule has 4 aliphatic rings. The SMILES string of the molecule is Cc1conc1C(=O)NC(C=O)(CNc1cccc(C2(C(=O)NCC3(C)CCC3)CCOC2)c1)C(C1CC1)C1CC1. The smallest absolute Gasteiger partial charge is 0.274 e. The van der Waals surface area contributed by atoms with Crippen LogP contribution in [0.3, 0.4) is 0 Å². The minimum atomic E-state index is -1.09. The Balaban J connectivity index is 1.23. The van der Waals surface area contributed by atoms with E-state index in [1.54, 1.807) is 6.92 Å². The number of aromatic nitrogens is 1. The number of ether oxygens (including phenoxy) is 1. The summed E-state index contributed by atoms with van der Waals surface area (Å²) in [5, 5.41) is 13.7. The minimum Gasteiger partial charge on any atom is -0.382 e. The Morgan fingerprint density at radius 1 is 1.17 bits per heavy atom. The fourth-order valence-corrected chi connectivity index (χ4v) is 7.01. The summed E-state index contributed by atoms with van der Waals surface area (Å²) in [5.41, 5.74) is 0.881. The number of hydrogen-bond donors (Lipinski definition) is 3. The van der Waals surface area contributed by atoms with Crippen LogP contribution in [0.1, 0.15) is 79.9 Å². The van der Waals surface area contributed by atoms with Gasteiger partial charge in [-0.05, 0) is 92.7 Å². The quantitative estimate of drug-likeness (QED) is 0.313. The molecule has 2 heterocycles. The molecule has 1 aliphatic heterocycles. The number of hydrogen-bond acceptors (Lipinski definition) is 7. The molecular weight excluding hydrogens is 520 g/mol. The van der Waals surface area contributed by atoms with Crippen molar-refractivity contribution in [3.05, 3.63) is 47.3 Å². The van der Waals surface area contributed by atoms with E-state index >= 15 is 0 Å². The Labute approximate surface area is 241 Å². The molecule has 4 fully saturated rings. The van der Waals surface area contributed by atoms with Crippen LogP contribution in [-0.4, -0.2) is 55.1 Å². The molecule has 41 heavy (non-hydrogen) atoms. The number of rotatable bonds is 13. The summed E-state index contributed by atoms with van der Waals surface area (Å²) < 4.78 is 10.8. The van der Waals surface area contributed by atoms with Crippen molar-refractivity contribution in [3.8, 4) is 0 Å². The third-order valence-electron chi connectivity index (χ3n) is 10.1. The number of aldehydes is 1. The molecule has 2 unspecified atom stereocenters. The molecule has 3 aliphatic carbocycles. The summed E-state index contributed by atoms with van der Waals surface area (Å²) in [4.78, 5) is 39.9. The molecule has 2 atom stereocenters. The first-order valence-corrected chi connectivity index (χ1v) is 15.2. The number of nitrogens with zero attached hydrogens (tertiary/aromatic N) is 1. The third-order valence-corrected chi connectivity index (χ3v) is 10.1. The van der Waals surface area contributed by atoms with E-state index in [4.69, 9.17) is 9.26 Å². The summed E-state index contributed by atoms with van der Waals surface area (Å²) in [6.45, 7) is 5.81. The van der Waals surface area contributed by atoms with Crippen LogP contribution in [0.4, 0.5) is 5.69 Å². The highest BCUT2D eigenvalue weighted by molar-refractivity contribution is 5.96. The Hall–Kier alpha value is -3.20. The van der Waals surface area contributed by atoms with E-state index in [2.05, 4.69) is 28.0 Å². The zero-order chi connectivity index (χ0) is 28.7. The van der Waals surface area contributed by atoms with Gasteiger partial charge < -0.3 is 30.0 Å². The van der Waals surface area contributed by atoms with Crippen molar-refractivity contribution < 1.29 is 23.6 Å². The maximum atomic E-state index is 13.6. The summed E-state index contributed by atoms with van der Waals surface area (Å²) in [7, 11) is 0. The predicted octanol–water partition coefficient (Wildman–Crippen LogP) is 4.16. The van der Waals surface area contributed by atoms with Crippen LogP contribution >= 0.6 is 0 Å². The van der Waals surface area contributed by atoms with Crippen LogP contribution in [0.25, 0.3) is 0 Å². The summed E-state index contributed by atoms with van der Waals surface area (Å²) >= 11 is 0. The first-order valence-electron chi connectivity index (χ1n) is 15.2. The normalized spacial score (nSPS) is 24.8. The van der Waals surface area contributed by atoms with Gasteiger partial charge in [0.15, 0.2) is 5.69 Å². The molecule has 9 heteroatoms. The van der Waals surface area contributed by atoms with Crippen molar-refractivity contribution in [2.24, 2.45) is 23.2 Å². The molecule has 220 valence electrons. The predicted molar refractivity (Wildman–Crippen MR) is 153 cm³/mol. The summed E-state index contributed by atoms with van der Waals surface area (Å²) in [6.07, 6.45) is 10.8. The van der Waals surface area contributed by atoms with Crippen molar-refractivity contribution >= 4 is 23.8 Å². The molecule has 0 radical (unpaired) electrons. The Morgan fingerprint density at radius 3 is 2.49 bits per heavy atom. The number of benzene rings is 1. The first kappa shape index (κ1) is 27.9. The molecule has 1 aromatic heterocycles. The van der Waals surface area contributed by atoms with Gasteiger partial charge in [0.2, 0.25) is 5.91 Å². The number of anilines is 1. The van der Waals surface area contributed by atoms with Crippen LogP contribution in [0, 0.1) is 30.1 Å². The first-order chi connectivity index (χ1) is 19.8. The molecule has 3 saturated carbocycles. The van der Waals surface area contributed by atoms with Crippen molar-refractivity contribution in [1.29, 1.82) is 0 Å². The minimum absolute atomic E-state index is 0.0142. The van der Waals surface area contributed by atoms with Crippen molar-refractivity contribution in [2.45, 2.75) is 76.2 Å². The average Bonchev–Trinajstić information content (AvgIpc) is 3.89. The lowest BCUT2D eigenvalue weighted by Crippen LogP contribution is -2.61. The molecule has 2 amide bonds. The molecular formula is C32H42N4O5. The van der Waals surface area contributed by atoms with Gasteiger partial charge in [0.1, 0.15) is 18.1 Å². The zero-order valence-corrected chi connectivity index (χ0v) is 24.2. The van der Waals surface area contributed by atoms with E-state index < -0.39 is 16.9 Å². The van der Waals surface area contributed by atoms with E-state index in [-0.39, 0.29) is 29.5 Å². The average molecular weight is 563 g/mol. The third kappa shape index (κ3) is 5.53. The highest BCUT2D eigenvalue weighted by atomic mass is 16.5. The fourth-order valence-electron chi connectivity index (χ4n) is 7.01. The highest BCUT2D eigenvalue weighted by Crippen LogP contribution is 2.53. The van der Waals surface area contributed by atoms with Crippen LogP contribution in [0.5, 0.6) is 0 Å². The second kappa shape index (κ2) is 10.9. The molecule has 0 spiro atoms. The van der Waals surface area contributed by atoms with Gasteiger partial charge >= 0.3 is 0 Å². The van der Waals surface area contributed by atoms with Gasteiger partial charge in [-0.15, -0.1) is 0 Å². The number of nitrogens with one attached hydrogen (secondary N) is 3. The van der Waals surface area contributed by atoms with Gasteiger partial charge in [-0.25, -0.2) is 0 Å². The lowest BCUT2D eigenvalue weighted by Gasteiger charge is -2.39. The van der Waals surface area contributed by atoms with Gasteiger partial charge in [0.05, 0.1) is 12.0 Å². The fraction of sp³-hybridized carbons (Fsp3) is 0.625. The van der Waals surface area contributed by atoms with E-state index in [0.29, 0.717) is 43.6 Å². The largest absolute Gasteiger partial charge is 0.382 e. The van der Waals surface area contributed by atoms with E-state index in [9.17, 15) is 14.4 Å². The van der Waals surface area contributed by atoms with Gasteiger partial charge in [-0.3, -0.25) is 9.59 Å². The van der Waals surface area contributed by atoms with Crippen LogP contribution in [0.15, 0.2) is 35.1 Å². The molecule has 3 N–H and O–H groups in total. The van der Waals surface area contributed by atoms with E-state index in [1.807, 2.05) is 24.3 Å². The number of carbonyl (C=O) groups is 3. The van der Waals surface area contributed by atoms with Crippen LogP contribution < -0.4 is 16.0 Å². The summed E-state index contributed by atoms with van der Waals surface area (Å²) in [5.74, 6) is 0.503. The maximum absolute atomic E-state index is 13.6. The summed E-state index contributed by atoms with van der Waals surface area (Å²) in [6, 6.07) is 7.88. The lowest BCUT2D eigenvalue weighted by atomic mass is 9.70. The Morgan fingerprint density at radius 2 is 1.93 bits per heavy atom. The molecule has 2 aromatic rings. The van der Waals surface area contributed by atoms with Gasteiger partial charge in [-0.1, -0.05) is 30.6 Å². The topological polar surface area (TPSA) is 123 Å². The lowest BCUT2D eigenvalue weighted by molar-refractivity contribution is -0.127. The zero-order valence-electron chi connectivity index (χ0n) is 24.2. The van der Waals surface area contributed by atoms with Crippen LogP contribution in [-0.2, 0) is 19.7 Å². The standard InChI is InChI=1S/C32H42N4O5/c1-21-16-41-36-27(21)28(38)35-32(19-37,26(22-7-8-22)23-9-10-23)18-33-25-6-3-5-24(15-25)31(13-14-40-20-31)29(39)34-17-30(2)11-4-12-30/h3,5-6,15-16,19,22-23,26,33H,4,7-14,17-18,20H2,1-2H3,(H,34,39)(H,35,38). The van der Waals surface area contributed by atoms with Gasteiger partial charge in [0, 0.05) is 30.9 Å².